The molecule has 0 spiro atoms. The summed E-state index contributed by atoms with van der Waals surface area (Å²) in [7, 11) is -3.82. The van der Waals surface area contributed by atoms with Crippen molar-refractivity contribution in [2.75, 3.05) is 0 Å². The minimum absolute atomic E-state index is 0.151. The largest absolute Gasteiger partial charge is 0.376 e. The molecule has 1 aromatic rings. The molecule has 2 aliphatic rings. The minimum atomic E-state index is -3.82. The van der Waals surface area contributed by atoms with Crippen molar-refractivity contribution in [2.45, 2.75) is 98.1 Å². The van der Waals surface area contributed by atoms with Crippen LogP contribution >= 0.6 is 7.60 Å². The number of rotatable bonds is 8. The van der Waals surface area contributed by atoms with Gasteiger partial charge in [-0.2, -0.15) is 0 Å². The number of aliphatic hydroxyl groups is 1. The Morgan fingerprint density at radius 2 is 1.25 bits per heavy atom. The molecule has 1 N–H and O–H groups in total. The first-order chi connectivity index (χ1) is 15.1. The van der Waals surface area contributed by atoms with Gasteiger partial charge in [-0.25, -0.2) is 0 Å². The summed E-state index contributed by atoms with van der Waals surface area (Å²) in [6.45, 7) is 13.3. The van der Waals surface area contributed by atoms with Crippen LogP contribution < -0.4 is 0 Å². The molecule has 0 bridgehead atoms. The van der Waals surface area contributed by atoms with E-state index in [-0.39, 0.29) is 12.2 Å². The lowest BCUT2D eigenvalue weighted by molar-refractivity contribution is -0.0153. The fourth-order valence-corrected chi connectivity index (χ4v) is 7.85. The lowest BCUT2D eigenvalue weighted by atomic mass is 9.75. The first-order valence-corrected chi connectivity index (χ1v) is 14.4. The van der Waals surface area contributed by atoms with Gasteiger partial charge >= 0.3 is 7.60 Å². The molecule has 3 rings (SSSR count). The van der Waals surface area contributed by atoms with Crippen LogP contribution in [-0.4, -0.2) is 17.3 Å². The van der Waals surface area contributed by atoms with E-state index in [9.17, 15) is 9.67 Å². The van der Waals surface area contributed by atoms with Gasteiger partial charge in [0.1, 0.15) is 0 Å². The van der Waals surface area contributed by atoms with E-state index in [2.05, 4.69) is 41.5 Å². The molecule has 0 saturated heterocycles. The lowest BCUT2D eigenvalue weighted by Gasteiger charge is -2.42. The van der Waals surface area contributed by atoms with Crippen LogP contribution in [0, 0.1) is 35.5 Å². The summed E-state index contributed by atoms with van der Waals surface area (Å²) in [5.74, 6) is 1.32. The zero-order chi connectivity index (χ0) is 23.5. The molecule has 32 heavy (non-hydrogen) atoms. The molecule has 0 heterocycles. The topological polar surface area (TPSA) is 55.8 Å². The third kappa shape index (κ3) is 6.26. The zero-order valence-electron chi connectivity index (χ0n) is 20.9. The highest BCUT2D eigenvalue weighted by Gasteiger charge is 2.46. The fraction of sp³-hybridized carbons (Fsp3) is 0.778. The van der Waals surface area contributed by atoms with E-state index < -0.39 is 13.4 Å². The maximum Gasteiger partial charge on any atom is 0.363 e. The molecule has 2 saturated carbocycles. The fourth-order valence-electron chi connectivity index (χ4n) is 5.80. The number of hydrogen-bond acceptors (Lipinski definition) is 4. The van der Waals surface area contributed by atoms with Gasteiger partial charge in [-0.1, -0.05) is 84.7 Å². The Kier molecular flexibility index (Phi) is 9.06. The van der Waals surface area contributed by atoms with Crippen LogP contribution in [0.15, 0.2) is 30.3 Å². The molecule has 182 valence electrons. The summed E-state index contributed by atoms with van der Waals surface area (Å²) >= 11 is 0. The van der Waals surface area contributed by atoms with E-state index in [0.717, 1.165) is 25.7 Å². The molecular weight excluding hydrogens is 419 g/mol. The summed E-state index contributed by atoms with van der Waals surface area (Å²) in [5.41, 5.74) is 0.603. The Morgan fingerprint density at radius 3 is 1.66 bits per heavy atom. The SMILES string of the molecule is CC(C)[C@H]1CC[C@H](C)C[C@H]1OP(=O)(O[C@@H]1C[C@@H](C)CC[C@H]1C(C)C)[C@H](O)c1ccccc1. The highest BCUT2D eigenvalue weighted by Crippen LogP contribution is 2.64. The zero-order valence-corrected chi connectivity index (χ0v) is 21.8. The molecular formula is C27H45O4P. The molecule has 0 amide bonds. The maximum atomic E-state index is 14.5. The van der Waals surface area contributed by atoms with Crippen molar-refractivity contribution in [3.8, 4) is 0 Å². The van der Waals surface area contributed by atoms with Gasteiger partial charge in [0.25, 0.3) is 0 Å². The summed E-state index contributed by atoms with van der Waals surface area (Å²) in [4.78, 5) is 0. The number of benzene rings is 1. The normalized spacial score (nSPS) is 34.4. The van der Waals surface area contributed by atoms with Crippen molar-refractivity contribution in [2.24, 2.45) is 35.5 Å². The van der Waals surface area contributed by atoms with Crippen molar-refractivity contribution in [1.82, 2.24) is 0 Å². The Hall–Kier alpha value is -0.670. The van der Waals surface area contributed by atoms with E-state index in [1.54, 1.807) is 0 Å². The molecule has 0 aliphatic heterocycles. The van der Waals surface area contributed by atoms with Gasteiger partial charge < -0.3 is 14.2 Å². The second kappa shape index (κ2) is 11.2. The Bertz CT molecular complexity index is 711. The standard InChI is InChI=1S/C27H45O4P/c1-18(2)23-14-12-20(5)16-25(23)30-32(29,27(28)22-10-8-7-9-11-22)31-26-17-21(6)13-15-24(26)19(3)4/h7-11,18-21,23-28H,12-17H2,1-6H3/t20-,21-,23-,24+,25+,26+,27-,32?/m0/s1. The van der Waals surface area contributed by atoms with Gasteiger partial charge in [0.15, 0.2) is 5.85 Å². The summed E-state index contributed by atoms with van der Waals surface area (Å²) in [6.07, 6.45) is 5.91. The minimum Gasteiger partial charge on any atom is -0.376 e. The third-order valence-corrected chi connectivity index (χ3v) is 9.91. The summed E-state index contributed by atoms with van der Waals surface area (Å²) in [5, 5.41) is 11.4. The predicted octanol–water partition coefficient (Wildman–Crippen LogP) is 7.83. The first kappa shape index (κ1) is 25.9. The van der Waals surface area contributed by atoms with Crippen LogP contribution in [0.5, 0.6) is 0 Å². The highest BCUT2D eigenvalue weighted by molar-refractivity contribution is 7.54. The van der Waals surface area contributed by atoms with Crippen molar-refractivity contribution in [1.29, 1.82) is 0 Å². The van der Waals surface area contributed by atoms with Crippen molar-refractivity contribution < 1.29 is 18.7 Å². The lowest BCUT2D eigenvalue weighted by Crippen LogP contribution is -2.37. The molecule has 4 nitrogen and oxygen atoms in total. The highest BCUT2D eigenvalue weighted by atomic mass is 31.2. The molecule has 2 aliphatic carbocycles. The Labute approximate surface area is 196 Å². The summed E-state index contributed by atoms with van der Waals surface area (Å²) in [6, 6.07) is 9.26. The Balaban J connectivity index is 1.92. The maximum absolute atomic E-state index is 14.5. The van der Waals surface area contributed by atoms with Crippen LogP contribution in [0.4, 0.5) is 0 Å². The van der Waals surface area contributed by atoms with Crippen LogP contribution in [0.25, 0.3) is 0 Å². The van der Waals surface area contributed by atoms with E-state index in [0.29, 0.717) is 41.1 Å². The van der Waals surface area contributed by atoms with Gasteiger partial charge in [-0.3, -0.25) is 4.57 Å². The van der Waals surface area contributed by atoms with Crippen LogP contribution in [0.3, 0.4) is 0 Å². The molecule has 1 aromatic carbocycles. The van der Waals surface area contributed by atoms with E-state index in [1.807, 2.05) is 30.3 Å². The van der Waals surface area contributed by atoms with E-state index in [4.69, 9.17) is 9.05 Å². The number of aliphatic hydroxyl groups excluding tert-OH is 1. The molecule has 2 fully saturated rings. The predicted molar refractivity (Wildman–Crippen MR) is 131 cm³/mol. The van der Waals surface area contributed by atoms with Gasteiger partial charge in [-0.05, 0) is 66.8 Å². The molecule has 0 radical (unpaired) electrons. The van der Waals surface area contributed by atoms with Crippen molar-refractivity contribution >= 4 is 7.60 Å². The third-order valence-electron chi connectivity index (χ3n) is 7.88. The molecule has 5 heteroatoms. The second-order valence-corrected chi connectivity index (χ2v) is 13.3. The van der Waals surface area contributed by atoms with Gasteiger partial charge in [0, 0.05) is 0 Å². The quantitative estimate of drug-likeness (QED) is 0.398. The molecule has 8 atom stereocenters. The summed E-state index contributed by atoms with van der Waals surface area (Å²) < 4.78 is 27.5. The van der Waals surface area contributed by atoms with Gasteiger partial charge in [0.05, 0.1) is 12.2 Å². The van der Waals surface area contributed by atoms with Crippen molar-refractivity contribution in [3.63, 3.8) is 0 Å². The smallest absolute Gasteiger partial charge is 0.363 e. The van der Waals surface area contributed by atoms with Gasteiger partial charge in [-0.15, -0.1) is 0 Å². The van der Waals surface area contributed by atoms with Crippen molar-refractivity contribution in [3.05, 3.63) is 35.9 Å². The average Bonchev–Trinajstić information content (AvgIpc) is 2.73. The Morgan fingerprint density at radius 1 is 0.812 bits per heavy atom. The van der Waals surface area contributed by atoms with Gasteiger partial charge in [0.2, 0.25) is 0 Å². The molecule has 0 aromatic heterocycles. The average molecular weight is 465 g/mol. The van der Waals surface area contributed by atoms with Crippen LogP contribution in [0.2, 0.25) is 0 Å². The second-order valence-electron chi connectivity index (χ2n) is 11.3. The first-order valence-electron chi connectivity index (χ1n) is 12.8. The van der Waals surface area contributed by atoms with E-state index in [1.165, 1.54) is 12.8 Å². The van der Waals surface area contributed by atoms with Crippen LogP contribution in [0.1, 0.15) is 91.5 Å². The monoisotopic (exact) mass is 464 g/mol. The molecule has 1 unspecified atom stereocenters. The van der Waals surface area contributed by atoms with E-state index >= 15 is 0 Å². The van der Waals surface area contributed by atoms with Crippen LogP contribution in [-0.2, 0) is 13.6 Å². The number of hydrogen-bond donors (Lipinski definition) is 1.